The van der Waals surface area contributed by atoms with Gasteiger partial charge in [-0.1, -0.05) is 6.07 Å². The number of carboxylic acids is 1. The van der Waals surface area contributed by atoms with Crippen molar-refractivity contribution in [2.45, 2.75) is 63.2 Å². The number of amides is 1. The monoisotopic (exact) mass is 374 g/mol. The smallest absolute Gasteiger partial charge is 0.335 e. The van der Waals surface area contributed by atoms with Crippen molar-refractivity contribution in [1.29, 1.82) is 0 Å². The summed E-state index contributed by atoms with van der Waals surface area (Å²) in [6, 6.07) is 6.48. The fourth-order valence-corrected chi connectivity index (χ4v) is 5.64. The van der Waals surface area contributed by atoms with Crippen molar-refractivity contribution in [3.8, 4) is 0 Å². The molecule has 0 radical (unpaired) electrons. The quantitative estimate of drug-likeness (QED) is 0.736. The first-order valence-corrected chi connectivity index (χ1v) is 9.77. The van der Waals surface area contributed by atoms with Gasteiger partial charge >= 0.3 is 5.97 Å². The Kier molecular flexibility index (Phi) is 4.20. The van der Waals surface area contributed by atoms with Crippen LogP contribution in [0, 0.1) is 17.8 Å². The highest BCUT2D eigenvalue weighted by Gasteiger charge is 2.56. The van der Waals surface area contributed by atoms with Crippen LogP contribution in [0.5, 0.6) is 0 Å². The van der Waals surface area contributed by atoms with Crippen LogP contribution in [0.1, 0.15) is 56.3 Å². The highest BCUT2D eigenvalue weighted by Crippen LogP contribution is 2.57. The molecule has 5 nitrogen and oxygen atoms in total. The number of carbonyl (C=O) groups is 2. The SMILES string of the molecule is CC(C)(Nc1cccc(C(=O)O)c1)C(=O)N[C@H]1[C@@H]2CC3C[C@H]1C[C@](F)(C3)C2. The Morgan fingerprint density at radius 2 is 1.85 bits per heavy atom. The van der Waals surface area contributed by atoms with Crippen LogP contribution in [0.4, 0.5) is 10.1 Å². The van der Waals surface area contributed by atoms with Gasteiger partial charge in [0.15, 0.2) is 0 Å². The van der Waals surface area contributed by atoms with E-state index in [4.69, 9.17) is 5.11 Å². The molecule has 1 aromatic rings. The second-order valence-electron chi connectivity index (χ2n) is 9.26. The van der Waals surface area contributed by atoms with Crippen LogP contribution in [-0.2, 0) is 4.79 Å². The summed E-state index contributed by atoms with van der Waals surface area (Å²) in [5.41, 5.74) is -1.16. The number of hydrogen-bond acceptors (Lipinski definition) is 3. The molecule has 4 bridgehead atoms. The van der Waals surface area contributed by atoms with E-state index in [-0.39, 0.29) is 29.3 Å². The lowest BCUT2D eigenvalue weighted by atomic mass is 9.53. The number of carbonyl (C=O) groups excluding carboxylic acids is 1. The van der Waals surface area contributed by atoms with E-state index in [9.17, 15) is 14.0 Å². The van der Waals surface area contributed by atoms with E-state index in [1.165, 1.54) is 12.1 Å². The van der Waals surface area contributed by atoms with Gasteiger partial charge in [0.2, 0.25) is 5.91 Å². The van der Waals surface area contributed by atoms with Crippen molar-refractivity contribution in [1.82, 2.24) is 5.32 Å². The van der Waals surface area contributed by atoms with Crippen molar-refractivity contribution in [3.63, 3.8) is 0 Å². The fourth-order valence-electron chi connectivity index (χ4n) is 5.64. The van der Waals surface area contributed by atoms with Crippen molar-refractivity contribution in [2.75, 3.05) is 5.32 Å². The molecule has 4 aliphatic carbocycles. The minimum absolute atomic E-state index is 0.0457. The third-order valence-corrected chi connectivity index (χ3v) is 6.63. The number of benzene rings is 1. The highest BCUT2D eigenvalue weighted by atomic mass is 19.1. The van der Waals surface area contributed by atoms with Crippen LogP contribution >= 0.6 is 0 Å². The Bertz CT molecular complexity index is 762. The van der Waals surface area contributed by atoms with Crippen LogP contribution < -0.4 is 10.6 Å². The highest BCUT2D eigenvalue weighted by molar-refractivity contribution is 5.91. The molecule has 4 aliphatic rings. The number of carboxylic acid groups (broad SMARTS) is 1. The standard InChI is InChI=1S/C21H27FN2O3/c1-20(2,24-16-5-3-4-13(8-16)18(25)26)19(27)23-17-14-6-12-7-15(17)11-21(22,9-12)10-14/h3-5,8,12,14-15,17,24H,6-7,9-11H2,1-2H3,(H,23,27)(H,25,26)/t12?,14-,15+,17+,21+. The summed E-state index contributed by atoms with van der Waals surface area (Å²) in [5, 5.41) is 15.5. The molecule has 6 heteroatoms. The number of rotatable bonds is 5. The lowest BCUT2D eigenvalue weighted by Crippen LogP contribution is -2.63. The molecule has 3 N–H and O–H groups in total. The van der Waals surface area contributed by atoms with Crippen LogP contribution in [0.3, 0.4) is 0 Å². The molecule has 4 saturated carbocycles. The zero-order chi connectivity index (χ0) is 19.4. The van der Waals surface area contributed by atoms with Crippen molar-refractivity contribution in [3.05, 3.63) is 29.8 Å². The van der Waals surface area contributed by atoms with Gasteiger partial charge in [0.1, 0.15) is 11.2 Å². The number of aromatic carboxylic acids is 1. The van der Waals surface area contributed by atoms with E-state index >= 15 is 0 Å². The first-order valence-electron chi connectivity index (χ1n) is 9.77. The van der Waals surface area contributed by atoms with Gasteiger partial charge in [-0.15, -0.1) is 0 Å². The molecule has 0 heterocycles. The Morgan fingerprint density at radius 3 is 2.44 bits per heavy atom. The maximum absolute atomic E-state index is 14.8. The van der Waals surface area contributed by atoms with Crippen molar-refractivity contribution >= 4 is 17.6 Å². The molecule has 1 aromatic carbocycles. The molecule has 27 heavy (non-hydrogen) atoms. The lowest BCUT2D eigenvalue weighted by molar-refractivity contribution is -0.133. The first-order chi connectivity index (χ1) is 12.7. The zero-order valence-electron chi connectivity index (χ0n) is 15.8. The van der Waals surface area contributed by atoms with Gasteiger partial charge < -0.3 is 15.7 Å². The molecule has 0 aromatic heterocycles. The molecular formula is C21H27FN2O3. The molecule has 4 fully saturated rings. The Balaban J connectivity index is 1.44. The zero-order valence-corrected chi connectivity index (χ0v) is 15.8. The van der Waals surface area contributed by atoms with Gasteiger partial charge in [-0.05, 0) is 81.9 Å². The average Bonchev–Trinajstić information content (AvgIpc) is 2.56. The Labute approximate surface area is 158 Å². The third-order valence-electron chi connectivity index (χ3n) is 6.63. The summed E-state index contributed by atoms with van der Waals surface area (Å²) in [7, 11) is 0. The molecule has 0 spiro atoms. The number of anilines is 1. The molecule has 1 amide bonds. The summed E-state index contributed by atoms with van der Waals surface area (Å²) in [4.78, 5) is 24.1. The number of alkyl halides is 1. The van der Waals surface area contributed by atoms with Gasteiger partial charge in [0.05, 0.1) is 5.56 Å². The van der Waals surface area contributed by atoms with E-state index in [2.05, 4.69) is 10.6 Å². The fraction of sp³-hybridized carbons (Fsp3) is 0.619. The number of hydrogen-bond donors (Lipinski definition) is 3. The largest absolute Gasteiger partial charge is 0.478 e. The maximum atomic E-state index is 14.8. The topological polar surface area (TPSA) is 78.4 Å². The minimum atomic E-state index is -1.01. The summed E-state index contributed by atoms with van der Waals surface area (Å²) in [6.45, 7) is 3.56. The second-order valence-corrected chi connectivity index (χ2v) is 9.26. The molecule has 146 valence electrons. The van der Waals surface area contributed by atoms with Gasteiger partial charge in [-0.25, -0.2) is 9.18 Å². The van der Waals surface area contributed by atoms with Crippen LogP contribution in [-0.4, -0.2) is 34.2 Å². The predicted molar refractivity (Wildman–Crippen MR) is 100 cm³/mol. The average molecular weight is 374 g/mol. The molecular weight excluding hydrogens is 347 g/mol. The predicted octanol–water partition coefficient (Wildman–Crippen LogP) is 3.61. The first kappa shape index (κ1) is 18.3. The van der Waals surface area contributed by atoms with Gasteiger partial charge in [-0.2, -0.15) is 0 Å². The van der Waals surface area contributed by atoms with Crippen molar-refractivity contribution < 1.29 is 19.1 Å². The molecule has 0 saturated heterocycles. The third kappa shape index (κ3) is 3.42. The van der Waals surface area contributed by atoms with E-state index in [1.807, 2.05) is 0 Å². The van der Waals surface area contributed by atoms with E-state index in [1.54, 1.807) is 26.0 Å². The lowest BCUT2D eigenvalue weighted by Gasteiger charge is -2.57. The summed E-state index contributed by atoms with van der Waals surface area (Å²) < 4.78 is 14.8. The van der Waals surface area contributed by atoms with Gasteiger partial charge in [0, 0.05) is 11.7 Å². The molecule has 5 rings (SSSR count). The van der Waals surface area contributed by atoms with E-state index in [0.29, 0.717) is 30.9 Å². The minimum Gasteiger partial charge on any atom is -0.478 e. The van der Waals surface area contributed by atoms with Crippen molar-refractivity contribution in [2.24, 2.45) is 17.8 Å². The number of nitrogens with one attached hydrogen (secondary N) is 2. The van der Waals surface area contributed by atoms with E-state index < -0.39 is 17.2 Å². The van der Waals surface area contributed by atoms with Crippen LogP contribution in [0.15, 0.2) is 24.3 Å². The van der Waals surface area contributed by atoms with Crippen LogP contribution in [0.25, 0.3) is 0 Å². The molecule has 1 unspecified atom stereocenters. The van der Waals surface area contributed by atoms with E-state index in [0.717, 1.165) is 12.8 Å². The van der Waals surface area contributed by atoms with Gasteiger partial charge in [-0.3, -0.25) is 4.79 Å². The van der Waals surface area contributed by atoms with Crippen LogP contribution in [0.2, 0.25) is 0 Å². The number of halogens is 1. The summed E-state index contributed by atoms with van der Waals surface area (Å²) in [5.74, 6) is -0.193. The normalized spacial score (nSPS) is 34.3. The second kappa shape index (κ2) is 6.21. The maximum Gasteiger partial charge on any atom is 0.335 e. The van der Waals surface area contributed by atoms with Gasteiger partial charge in [0.25, 0.3) is 0 Å². The molecule has 0 aliphatic heterocycles. The molecule has 5 atom stereocenters. The summed E-state index contributed by atoms with van der Waals surface area (Å²) in [6.07, 6.45) is 3.87. The summed E-state index contributed by atoms with van der Waals surface area (Å²) >= 11 is 0. The Morgan fingerprint density at radius 1 is 1.19 bits per heavy atom. The Hall–Kier alpha value is -2.11.